The maximum atomic E-state index is 12.8. The van der Waals surface area contributed by atoms with Gasteiger partial charge >= 0.3 is 0 Å². The first-order chi connectivity index (χ1) is 18.0. The number of hydrogen-bond donors (Lipinski definition) is 2. The normalized spacial score (nSPS) is 14.7. The highest BCUT2D eigenvalue weighted by Crippen LogP contribution is 2.21. The summed E-state index contributed by atoms with van der Waals surface area (Å²) in [5.41, 5.74) is 0.950. The van der Waals surface area contributed by atoms with Gasteiger partial charge in [0, 0.05) is 49.7 Å². The van der Waals surface area contributed by atoms with E-state index in [-0.39, 0.29) is 30.5 Å². The smallest absolute Gasteiger partial charge is 0.261 e. The minimum atomic E-state index is -0.441. The van der Waals surface area contributed by atoms with E-state index in [2.05, 4.69) is 15.5 Å². The number of rotatable bonds is 11. The van der Waals surface area contributed by atoms with Crippen molar-refractivity contribution in [1.29, 1.82) is 0 Å². The molecule has 1 atom stereocenters. The predicted molar refractivity (Wildman–Crippen MR) is 143 cm³/mol. The molecule has 0 radical (unpaired) electrons. The summed E-state index contributed by atoms with van der Waals surface area (Å²) < 4.78 is 13.2. The first kappa shape index (κ1) is 27.0. The number of ether oxygens (including phenoxy) is 2. The summed E-state index contributed by atoms with van der Waals surface area (Å²) in [6.45, 7) is 4.88. The fourth-order valence-corrected chi connectivity index (χ4v) is 4.77. The Bertz CT molecular complexity index is 1240. The molecule has 1 aromatic carbocycles. The molecule has 0 saturated carbocycles. The number of nitrogens with one attached hydrogen (secondary N) is 2. The second-order valence-corrected chi connectivity index (χ2v) is 10.2. The quantitative estimate of drug-likeness (QED) is 0.360. The van der Waals surface area contributed by atoms with Gasteiger partial charge in [0.25, 0.3) is 17.4 Å². The molecule has 0 bridgehead atoms. The number of benzene rings is 1. The van der Waals surface area contributed by atoms with E-state index in [1.54, 1.807) is 54.7 Å². The molecule has 1 fully saturated rings. The summed E-state index contributed by atoms with van der Waals surface area (Å²) in [5, 5.41) is 5.80. The molecule has 1 unspecified atom stereocenters. The Labute approximate surface area is 223 Å². The third-order valence-electron chi connectivity index (χ3n) is 5.85. The second-order valence-electron chi connectivity index (χ2n) is 8.47. The van der Waals surface area contributed by atoms with Crippen molar-refractivity contribution >= 4 is 34.8 Å². The van der Waals surface area contributed by atoms with Crippen molar-refractivity contribution < 1.29 is 19.1 Å². The molecule has 0 aliphatic carbocycles. The van der Waals surface area contributed by atoms with Gasteiger partial charge in [-0.05, 0) is 42.5 Å². The maximum absolute atomic E-state index is 12.8. The fourth-order valence-electron chi connectivity index (χ4n) is 3.82. The number of hydrogen-bond acceptors (Lipinski definition) is 7. The highest BCUT2D eigenvalue weighted by molar-refractivity contribution is 7.18. The Balaban J connectivity index is 1.33. The van der Waals surface area contributed by atoms with Crippen LogP contribution in [-0.2, 0) is 9.47 Å². The summed E-state index contributed by atoms with van der Waals surface area (Å²) in [6.07, 6.45) is 1.67. The van der Waals surface area contributed by atoms with Crippen molar-refractivity contribution in [3.63, 3.8) is 0 Å². The van der Waals surface area contributed by atoms with Crippen LogP contribution in [-0.4, -0.2) is 79.9 Å². The average Bonchev–Trinajstić information content (AvgIpc) is 3.36. The Morgan fingerprint density at radius 1 is 1.05 bits per heavy atom. The Morgan fingerprint density at radius 3 is 2.54 bits per heavy atom. The summed E-state index contributed by atoms with van der Waals surface area (Å²) in [4.78, 5) is 40.3. The van der Waals surface area contributed by atoms with Crippen LogP contribution in [0.1, 0.15) is 20.0 Å². The van der Waals surface area contributed by atoms with Crippen molar-refractivity contribution in [2.75, 3.05) is 52.6 Å². The van der Waals surface area contributed by atoms with Crippen LogP contribution in [0.5, 0.6) is 0 Å². The summed E-state index contributed by atoms with van der Waals surface area (Å²) in [5.74, 6) is -0.565. The van der Waals surface area contributed by atoms with Gasteiger partial charge in [-0.1, -0.05) is 17.7 Å². The van der Waals surface area contributed by atoms with E-state index in [1.807, 2.05) is 0 Å². The number of carbonyl (C=O) groups excluding carboxylic acids is 2. The molecule has 196 valence electrons. The van der Waals surface area contributed by atoms with E-state index < -0.39 is 6.04 Å². The Kier molecular flexibility index (Phi) is 9.86. The third kappa shape index (κ3) is 7.98. The van der Waals surface area contributed by atoms with Gasteiger partial charge in [0.1, 0.15) is 0 Å². The number of amides is 2. The van der Waals surface area contributed by atoms with Gasteiger partial charge in [-0.3, -0.25) is 23.9 Å². The lowest BCUT2D eigenvalue weighted by molar-refractivity contribution is 0.0177. The molecule has 2 amide bonds. The lowest BCUT2D eigenvalue weighted by Crippen LogP contribution is -2.46. The van der Waals surface area contributed by atoms with Crippen LogP contribution < -0.4 is 16.2 Å². The molecule has 11 heteroatoms. The monoisotopic (exact) mass is 544 g/mol. The highest BCUT2D eigenvalue weighted by Gasteiger charge is 2.18. The molecule has 3 aromatic rings. The van der Waals surface area contributed by atoms with E-state index in [0.29, 0.717) is 27.1 Å². The van der Waals surface area contributed by atoms with Crippen LogP contribution in [0.2, 0.25) is 4.34 Å². The van der Waals surface area contributed by atoms with Gasteiger partial charge in [-0.2, -0.15) is 0 Å². The first-order valence-electron chi connectivity index (χ1n) is 12.0. The van der Waals surface area contributed by atoms with E-state index in [4.69, 9.17) is 21.1 Å². The van der Waals surface area contributed by atoms with E-state index >= 15 is 0 Å². The van der Waals surface area contributed by atoms with Crippen molar-refractivity contribution in [3.8, 4) is 5.69 Å². The zero-order chi connectivity index (χ0) is 26.0. The molecular weight excluding hydrogens is 516 g/mol. The van der Waals surface area contributed by atoms with Gasteiger partial charge in [0.05, 0.1) is 41.7 Å². The number of morpholine rings is 1. The lowest BCUT2D eigenvalue weighted by atomic mass is 10.2. The summed E-state index contributed by atoms with van der Waals surface area (Å²) in [6, 6.07) is 14.6. The van der Waals surface area contributed by atoms with Gasteiger partial charge in [-0.25, -0.2) is 0 Å². The molecule has 3 heterocycles. The molecule has 9 nitrogen and oxygen atoms in total. The van der Waals surface area contributed by atoms with E-state index in [0.717, 1.165) is 32.8 Å². The first-order valence-corrected chi connectivity index (χ1v) is 13.2. The number of aromatic nitrogens is 1. The van der Waals surface area contributed by atoms with Crippen LogP contribution >= 0.6 is 22.9 Å². The fraction of sp³-hybridized carbons (Fsp3) is 0.346. The minimum absolute atomic E-state index is 0.154. The van der Waals surface area contributed by atoms with Crippen LogP contribution in [0.15, 0.2) is 65.6 Å². The molecule has 2 N–H and O–H groups in total. The molecular formula is C26H29ClN4O5S. The molecule has 1 aliphatic rings. The number of nitrogens with zero attached hydrogens (tertiary/aromatic N) is 2. The number of thiophene rings is 1. The predicted octanol–water partition coefficient (Wildman–Crippen LogP) is 2.43. The van der Waals surface area contributed by atoms with Crippen molar-refractivity contribution in [1.82, 2.24) is 20.1 Å². The van der Waals surface area contributed by atoms with E-state index in [9.17, 15) is 14.4 Å². The molecule has 0 spiro atoms. The van der Waals surface area contributed by atoms with Crippen LogP contribution in [0, 0.1) is 0 Å². The molecule has 1 aliphatic heterocycles. The molecule has 2 aromatic heterocycles. The summed E-state index contributed by atoms with van der Waals surface area (Å²) >= 11 is 7.16. The highest BCUT2D eigenvalue weighted by atomic mass is 35.5. The SMILES string of the molecule is O=C(NCC(COCCN1CCOCC1)NC(=O)c1ccc(Cl)s1)c1ccc(-n2ccccc2=O)cc1. The van der Waals surface area contributed by atoms with Gasteiger partial charge in [-0.15, -0.1) is 11.3 Å². The standard InChI is InChI=1S/C26H29ClN4O5S/c27-23-9-8-22(37-23)26(34)29-20(18-36-16-13-30-11-14-35-15-12-30)17-28-25(33)19-4-6-21(7-5-19)31-10-2-1-3-24(31)32/h1-10,20H,11-18H2,(H,28,33)(H,29,34). The average molecular weight is 545 g/mol. The van der Waals surface area contributed by atoms with Gasteiger partial charge in [0.2, 0.25) is 0 Å². The van der Waals surface area contributed by atoms with Crippen molar-refractivity contribution in [3.05, 3.63) is 85.9 Å². The third-order valence-corrected chi connectivity index (χ3v) is 7.08. The minimum Gasteiger partial charge on any atom is -0.379 e. The van der Waals surface area contributed by atoms with Crippen molar-refractivity contribution in [2.24, 2.45) is 0 Å². The molecule has 37 heavy (non-hydrogen) atoms. The van der Waals surface area contributed by atoms with E-state index in [1.165, 1.54) is 22.0 Å². The molecule has 4 rings (SSSR count). The van der Waals surface area contributed by atoms with Crippen molar-refractivity contribution in [2.45, 2.75) is 6.04 Å². The van der Waals surface area contributed by atoms with Crippen LogP contribution in [0.4, 0.5) is 0 Å². The van der Waals surface area contributed by atoms with Gasteiger partial charge in [0.15, 0.2) is 0 Å². The second kappa shape index (κ2) is 13.5. The van der Waals surface area contributed by atoms with Crippen LogP contribution in [0.25, 0.3) is 5.69 Å². The molecule has 1 saturated heterocycles. The number of carbonyl (C=O) groups is 2. The zero-order valence-electron chi connectivity index (χ0n) is 20.2. The zero-order valence-corrected chi connectivity index (χ0v) is 21.8. The lowest BCUT2D eigenvalue weighted by Gasteiger charge is -2.26. The largest absolute Gasteiger partial charge is 0.379 e. The Hall–Kier alpha value is -3.02. The number of halogens is 1. The summed E-state index contributed by atoms with van der Waals surface area (Å²) in [7, 11) is 0. The van der Waals surface area contributed by atoms with Crippen LogP contribution in [0.3, 0.4) is 0 Å². The van der Waals surface area contributed by atoms with Gasteiger partial charge < -0.3 is 20.1 Å². The number of pyridine rings is 1. The Morgan fingerprint density at radius 2 is 1.84 bits per heavy atom. The topological polar surface area (TPSA) is 102 Å². The maximum Gasteiger partial charge on any atom is 0.261 e.